The first-order valence-electron chi connectivity index (χ1n) is 9.96. The Morgan fingerprint density at radius 2 is 1.76 bits per heavy atom. The zero-order valence-corrected chi connectivity index (χ0v) is 18.5. The summed E-state index contributed by atoms with van der Waals surface area (Å²) in [4.78, 5) is 8.60. The highest BCUT2D eigenvalue weighted by Crippen LogP contribution is 2.30. The lowest BCUT2D eigenvalue weighted by atomic mass is 10.1. The molecule has 4 aromatic rings. The molecule has 0 amide bonds. The van der Waals surface area contributed by atoms with E-state index in [4.69, 9.17) is 16.3 Å². The van der Waals surface area contributed by atoms with Crippen molar-refractivity contribution in [3.05, 3.63) is 71.1 Å². The maximum atomic E-state index is 12.9. The number of nitrogens with zero attached hydrogens (tertiary/aromatic N) is 3. The molecule has 34 heavy (non-hydrogen) atoms. The maximum absolute atomic E-state index is 12.9. The van der Waals surface area contributed by atoms with Crippen molar-refractivity contribution in [3.8, 4) is 22.8 Å². The molecular formula is C23H18ClF4N3O3. The third-order valence-electron chi connectivity index (χ3n) is 5.01. The topological polar surface area (TPSA) is 58.4 Å². The summed E-state index contributed by atoms with van der Waals surface area (Å²) in [6.45, 7) is -6.56. The van der Waals surface area contributed by atoms with Crippen LogP contribution in [0.3, 0.4) is 0 Å². The van der Waals surface area contributed by atoms with Gasteiger partial charge in [-0.05, 0) is 42.0 Å². The second-order valence-electron chi connectivity index (χ2n) is 7.11. The molecule has 178 valence electrons. The molecule has 0 unspecified atom stereocenters. The van der Waals surface area contributed by atoms with Crippen molar-refractivity contribution in [2.24, 2.45) is 0 Å². The molecule has 2 aromatic carbocycles. The molecule has 0 saturated carbocycles. The summed E-state index contributed by atoms with van der Waals surface area (Å²) in [5.74, 6) is 0.551. The predicted octanol–water partition coefficient (Wildman–Crippen LogP) is 6.15. The molecule has 0 bridgehead atoms. The zero-order valence-electron chi connectivity index (χ0n) is 17.7. The van der Waals surface area contributed by atoms with E-state index < -0.39 is 19.8 Å². The Morgan fingerprint density at radius 1 is 0.971 bits per heavy atom. The average Bonchev–Trinajstić information content (AvgIpc) is 3.16. The van der Waals surface area contributed by atoms with E-state index in [1.54, 1.807) is 29.0 Å². The molecule has 0 aliphatic heterocycles. The second kappa shape index (κ2) is 10.3. The van der Waals surface area contributed by atoms with Crippen molar-refractivity contribution in [1.29, 1.82) is 0 Å². The lowest BCUT2D eigenvalue weighted by Crippen LogP contribution is -2.11. The van der Waals surface area contributed by atoms with Crippen molar-refractivity contribution in [1.82, 2.24) is 14.5 Å². The Morgan fingerprint density at radius 3 is 2.44 bits per heavy atom. The molecular weight excluding hydrogens is 478 g/mol. The summed E-state index contributed by atoms with van der Waals surface area (Å²) >= 11 is 6.08. The molecule has 0 radical (unpaired) electrons. The van der Waals surface area contributed by atoms with Crippen LogP contribution in [0.5, 0.6) is 11.6 Å². The number of fused-ring (bicyclic) bond motifs is 1. The van der Waals surface area contributed by atoms with Crippen LogP contribution in [0.25, 0.3) is 22.2 Å². The molecule has 0 atom stereocenters. The van der Waals surface area contributed by atoms with E-state index in [1.165, 1.54) is 25.3 Å². The number of ether oxygens (including phenoxy) is 3. The summed E-state index contributed by atoms with van der Waals surface area (Å²) in [6, 6.07) is 13.1. The number of methoxy groups -OCH3 is 1. The molecule has 0 aliphatic carbocycles. The van der Waals surface area contributed by atoms with Gasteiger partial charge in [0.1, 0.15) is 18.2 Å². The molecule has 2 heterocycles. The first-order valence-corrected chi connectivity index (χ1v) is 10.3. The number of aromatic nitrogens is 3. The molecule has 0 aliphatic rings. The average molecular weight is 496 g/mol. The van der Waals surface area contributed by atoms with Crippen molar-refractivity contribution in [2.45, 2.75) is 26.4 Å². The van der Waals surface area contributed by atoms with Crippen LogP contribution in [0.1, 0.15) is 11.4 Å². The molecule has 0 spiro atoms. The highest BCUT2D eigenvalue weighted by atomic mass is 35.5. The number of alkyl halides is 4. The number of rotatable bonds is 9. The summed E-state index contributed by atoms with van der Waals surface area (Å²) in [5, 5.41) is 0.302. The van der Waals surface area contributed by atoms with Crippen molar-refractivity contribution in [3.63, 3.8) is 0 Å². The lowest BCUT2D eigenvalue weighted by molar-refractivity contribution is -0.139. The van der Waals surface area contributed by atoms with Gasteiger partial charge in [0, 0.05) is 28.4 Å². The number of hydrogen-bond acceptors (Lipinski definition) is 5. The monoisotopic (exact) mass is 495 g/mol. The van der Waals surface area contributed by atoms with Crippen LogP contribution in [-0.4, -0.2) is 34.9 Å². The minimum Gasteiger partial charge on any atom is -0.481 e. The fourth-order valence-electron chi connectivity index (χ4n) is 3.50. The van der Waals surface area contributed by atoms with Crippen LogP contribution in [0.4, 0.5) is 17.6 Å². The van der Waals surface area contributed by atoms with Crippen molar-refractivity contribution < 1.29 is 31.8 Å². The number of imidazole rings is 1. The van der Waals surface area contributed by atoms with Crippen molar-refractivity contribution >= 4 is 22.6 Å². The van der Waals surface area contributed by atoms with Gasteiger partial charge < -0.3 is 18.8 Å². The second-order valence-corrected chi connectivity index (χ2v) is 7.55. The minimum atomic E-state index is -3.05. The van der Waals surface area contributed by atoms with E-state index in [0.29, 0.717) is 27.5 Å². The fraction of sp³-hybridized carbons (Fsp3) is 0.217. The quantitative estimate of drug-likeness (QED) is 0.261. The Bertz CT molecular complexity index is 1280. The van der Waals surface area contributed by atoms with Gasteiger partial charge in [0.25, 0.3) is 0 Å². The van der Waals surface area contributed by atoms with Crippen LogP contribution in [-0.2, 0) is 17.9 Å². The largest absolute Gasteiger partial charge is 0.481 e. The van der Waals surface area contributed by atoms with Crippen LogP contribution in [0, 0.1) is 0 Å². The van der Waals surface area contributed by atoms with E-state index in [9.17, 15) is 17.6 Å². The minimum absolute atomic E-state index is 0.0225. The van der Waals surface area contributed by atoms with E-state index in [2.05, 4.69) is 19.4 Å². The number of halogens is 5. The molecule has 0 saturated heterocycles. The molecule has 0 N–H and O–H groups in total. The van der Waals surface area contributed by atoms with Gasteiger partial charge in [-0.3, -0.25) is 0 Å². The highest BCUT2D eigenvalue weighted by Gasteiger charge is 2.18. The van der Waals surface area contributed by atoms with Crippen LogP contribution < -0.4 is 9.47 Å². The summed E-state index contributed by atoms with van der Waals surface area (Å²) in [5.41, 5.74) is 2.97. The Labute approximate surface area is 196 Å². The van der Waals surface area contributed by atoms with Crippen LogP contribution in [0.15, 0.2) is 54.7 Å². The first-order chi connectivity index (χ1) is 16.3. The van der Waals surface area contributed by atoms with Gasteiger partial charge >= 0.3 is 13.2 Å². The van der Waals surface area contributed by atoms with Gasteiger partial charge in [0.15, 0.2) is 0 Å². The van der Waals surface area contributed by atoms with E-state index >= 15 is 0 Å². The van der Waals surface area contributed by atoms with E-state index in [-0.39, 0.29) is 18.1 Å². The molecule has 0 fully saturated rings. The number of hydrogen-bond donors (Lipinski definition) is 0. The zero-order chi connectivity index (χ0) is 24.2. The van der Waals surface area contributed by atoms with Gasteiger partial charge in [-0.25, -0.2) is 9.97 Å². The first kappa shape index (κ1) is 23.8. The van der Waals surface area contributed by atoms with E-state index in [0.717, 1.165) is 11.1 Å². The van der Waals surface area contributed by atoms with Crippen LogP contribution in [0.2, 0.25) is 5.02 Å². The Balaban J connectivity index is 1.80. The Hall–Kier alpha value is -3.37. The summed E-state index contributed by atoms with van der Waals surface area (Å²) in [7, 11) is 1.51. The van der Waals surface area contributed by atoms with Crippen LogP contribution >= 0.6 is 11.6 Å². The van der Waals surface area contributed by atoms with E-state index in [1.807, 2.05) is 12.1 Å². The molecule has 6 nitrogen and oxygen atoms in total. The Kier molecular flexibility index (Phi) is 7.18. The maximum Gasteiger partial charge on any atom is 0.387 e. The number of benzene rings is 2. The van der Waals surface area contributed by atoms with Gasteiger partial charge in [0.2, 0.25) is 5.88 Å². The summed E-state index contributed by atoms with van der Waals surface area (Å²) < 4.78 is 67.1. The third kappa shape index (κ3) is 5.40. The lowest BCUT2D eigenvalue weighted by Gasteiger charge is -2.15. The van der Waals surface area contributed by atoms with Gasteiger partial charge in [-0.1, -0.05) is 17.7 Å². The normalized spacial score (nSPS) is 11.5. The predicted molar refractivity (Wildman–Crippen MR) is 117 cm³/mol. The third-order valence-corrected chi connectivity index (χ3v) is 5.25. The molecule has 11 heteroatoms. The van der Waals surface area contributed by atoms with Gasteiger partial charge in [0.05, 0.1) is 24.7 Å². The molecule has 2 aromatic heterocycles. The summed E-state index contributed by atoms with van der Waals surface area (Å²) in [6.07, 6.45) is 1.63. The van der Waals surface area contributed by atoms with Gasteiger partial charge in [-0.2, -0.15) is 17.6 Å². The van der Waals surface area contributed by atoms with Gasteiger partial charge in [-0.15, -0.1) is 0 Å². The SMILES string of the molecule is COc1ccc(-c2ccc3nc(COC(F)F)n(Cc4cc(Cl)ccc4OC(F)F)c3c2)cn1. The van der Waals surface area contributed by atoms with Crippen molar-refractivity contribution in [2.75, 3.05) is 7.11 Å². The molecule has 4 rings (SSSR count). The number of pyridine rings is 1. The smallest absolute Gasteiger partial charge is 0.387 e. The fourth-order valence-corrected chi connectivity index (χ4v) is 3.70. The highest BCUT2D eigenvalue weighted by molar-refractivity contribution is 6.30. The standard InChI is InChI=1S/C23H18ClF4N3O3/c1-32-21-7-3-14(10-29-21)13-2-5-17-18(9-13)31(20(30-17)12-33-22(25)26)11-15-8-16(24)4-6-19(15)34-23(27)28/h2-10,22-23H,11-12H2,1H3.